The molecule has 0 aliphatic rings. The van der Waals surface area contributed by atoms with Crippen molar-refractivity contribution >= 4 is 5.95 Å². The Kier molecular flexibility index (Phi) is 2.58. The predicted octanol–water partition coefficient (Wildman–Crippen LogP) is 2.08. The van der Waals surface area contributed by atoms with E-state index in [1.54, 1.807) is 6.20 Å². The molecule has 1 aromatic carbocycles. The molecular weight excluding hydrogens is 212 g/mol. The molecule has 0 unspecified atom stereocenters. The van der Waals surface area contributed by atoms with Crippen molar-refractivity contribution in [3.8, 4) is 11.3 Å². The Bertz CT molecular complexity index is 536. The number of nitrogens with zero attached hydrogens (tertiary/aromatic N) is 2. The third-order valence-corrected chi connectivity index (χ3v) is 3.38. The van der Waals surface area contributed by atoms with Crippen LogP contribution in [0.1, 0.15) is 22.3 Å². The van der Waals surface area contributed by atoms with Crippen LogP contribution in [0.3, 0.4) is 0 Å². The van der Waals surface area contributed by atoms with Crippen molar-refractivity contribution in [2.24, 2.45) is 0 Å². The van der Waals surface area contributed by atoms with Gasteiger partial charge in [-0.3, -0.25) is 0 Å². The quantitative estimate of drug-likeness (QED) is 0.737. The highest BCUT2D eigenvalue weighted by Crippen LogP contribution is 2.30. The fourth-order valence-corrected chi connectivity index (χ4v) is 2.13. The molecule has 2 rings (SSSR count). The first-order chi connectivity index (χ1) is 7.91. The molecular formula is C13H18N4. The molecule has 0 aliphatic carbocycles. The zero-order chi connectivity index (χ0) is 12.7. The summed E-state index contributed by atoms with van der Waals surface area (Å²) in [5.74, 6) is 6.01. The molecule has 0 fully saturated rings. The summed E-state index contributed by atoms with van der Waals surface area (Å²) in [5.41, 5.74) is 12.6. The first kappa shape index (κ1) is 11.5. The molecule has 1 aromatic heterocycles. The Hall–Kier alpha value is -1.97. The van der Waals surface area contributed by atoms with E-state index in [2.05, 4.69) is 38.7 Å². The van der Waals surface area contributed by atoms with Crippen molar-refractivity contribution in [1.29, 1.82) is 0 Å². The molecule has 0 atom stereocenters. The Morgan fingerprint density at radius 2 is 1.59 bits per heavy atom. The highest BCUT2D eigenvalue weighted by atomic mass is 15.3. The molecule has 90 valence electrons. The minimum atomic E-state index is 0.331. The lowest BCUT2D eigenvalue weighted by molar-refractivity contribution is 1.02. The van der Waals surface area contributed by atoms with E-state index in [4.69, 9.17) is 11.6 Å². The highest BCUT2D eigenvalue weighted by Gasteiger charge is 2.14. The van der Waals surface area contributed by atoms with Gasteiger partial charge in [0, 0.05) is 5.56 Å². The second-order valence-corrected chi connectivity index (χ2v) is 4.53. The molecule has 0 aliphatic heterocycles. The van der Waals surface area contributed by atoms with Gasteiger partial charge < -0.3 is 11.6 Å². The van der Waals surface area contributed by atoms with Gasteiger partial charge in [0.1, 0.15) is 0 Å². The van der Waals surface area contributed by atoms with Gasteiger partial charge in [0.15, 0.2) is 0 Å². The Morgan fingerprint density at radius 3 is 2.00 bits per heavy atom. The summed E-state index contributed by atoms with van der Waals surface area (Å²) in [6, 6.07) is 2.19. The number of anilines is 1. The third-order valence-electron chi connectivity index (χ3n) is 3.38. The summed E-state index contributed by atoms with van der Waals surface area (Å²) in [6.45, 7) is 8.41. The lowest BCUT2D eigenvalue weighted by Crippen LogP contribution is -2.09. The van der Waals surface area contributed by atoms with Gasteiger partial charge in [0.05, 0.1) is 11.9 Å². The Morgan fingerprint density at radius 1 is 1.06 bits per heavy atom. The average Bonchev–Trinajstić information content (AvgIpc) is 2.57. The molecule has 17 heavy (non-hydrogen) atoms. The van der Waals surface area contributed by atoms with Crippen molar-refractivity contribution in [2.45, 2.75) is 27.7 Å². The molecule has 0 saturated carbocycles. The van der Waals surface area contributed by atoms with Gasteiger partial charge in [0.25, 0.3) is 0 Å². The van der Waals surface area contributed by atoms with E-state index in [0.717, 1.165) is 11.3 Å². The van der Waals surface area contributed by atoms with Gasteiger partial charge in [-0.15, -0.1) is 0 Å². The van der Waals surface area contributed by atoms with E-state index in [9.17, 15) is 0 Å². The molecule has 4 N–H and O–H groups in total. The van der Waals surface area contributed by atoms with Crippen molar-refractivity contribution in [1.82, 2.24) is 9.66 Å². The van der Waals surface area contributed by atoms with Crippen LogP contribution in [0.25, 0.3) is 11.3 Å². The molecule has 1 heterocycles. The van der Waals surface area contributed by atoms with E-state index in [1.807, 2.05) is 0 Å². The third kappa shape index (κ3) is 1.75. The van der Waals surface area contributed by atoms with Crippen LogP contribution >= 0.6 is 0 Å². The summed E-state index contributed by atoms with van der Waals surface area (Å²) in [6.07, 6.45) is 1.77. The van der Waals surface area contributed by atoms with Crippen LogP contribution in [0.2, 0.25) is 0 Å². The van der Waals surface area contributed by atoms with Crippen LogP contribution in [0.15, 0.2) is 12.3 Å². The molecule has 2 aromatic rings. The maximum atomic E-state index is 5.68. The molecule has 4 heteroatoms. The Balaban J connectivity index is 2.74. The number of nitrogens with two attached hydrogens (primary N) is 2. The molecule has 0 radical (unpaired) electrons. The molecule has 0 saturated heterocycles. The number of benzene rings is 1. The highest BCUT2D eigenvalue weighted by molar-refractivity contribution is 5.71. The first-order valence-electron chi connectivity index (χ1n) is 5.59. The average molecular weight is 230 g/mol. The molecule has 4 nitrogen and oxygen atoms in total. The van der Waals surface area contributed by atoms with Gasteiger partial charge in [-0.1, -0.05) is 6.07 Å². The van der Waals surface area contributed by atoms with E-state index < -0.39 is 0 Å². The number of nitrogen functional groups attached to an aromatic ring is 2. The minimum absolute atomic E-state index is 0.331. The summed E-state index contributed by atoms with van der Waals surface area (Å²) in [4.78, 5) is 4.30. The van der Waals surface area contributed by atoms with Crippen LogP contribution in [-0.4, -0.2) is 9.66 Å². The van der Waals surface area contributed by atoms with E-state index in [-0.39, 0.29) is 0 Å². The van der Waals surface area contributed by atoms with Gasteiger partial charge in [0.2, 0.25) is 5.95 Å². The van der Waals surface area contributed by atoms with Crippen LogP contribution in [0.5, 0.6) is 0 Å². The van der Waals surface area contributed by atoms with Crippen molar-refractivity contribution in [3.63, 3.8) is 0 Å². The minimum Gasteiger partial charge on any atom is -0.368 e. The smallest absolute Gasteiger partial charge is 0.219 e. The lowest BCUT2D eigenvalue weighted by atomic mass is 9.93. The SMILES string of the molecule is Cc1cc(C)c(C)c(-c2cn(N)c(N)n2)c1C. The number of rotatable bonds is 1. The maximum absolute atomic E-state index is 5.68. The molecule has 0 spiro atoms. The fourth-order valence-electron chi connectivity index (χ4n) is 2.13. The predicted molar refractivity (Wildman–Crippen MR) is 71.2 cm³/mol. The lowest BCUT2D eigenvalue weighted by Gasteiger charge is -2.13. The monoisotopic (exact) mass is 230 g/mol. The standard InChI is InChI=1S/C13H18N4/c1-7-5-8(2)10(4)12(9(7)3)11-6-17(15)13(14)16-11/h5-6H,15H2,1-4H3,(H2,14,16). The topological polar surface area (TPSA) is 69.9 Å². The molecule has 0 bridgehead atoms. The second kappa shape index (κ2) is 3.80. The van der Waals surface area contributed by atoms with Crippen molar-refractivity contribution in [3.05, 3.63) is 34.5 Å². The molecule has 0 amide bonds. The van der Waals surface area contributed by atoms with Gasteiger partial charge >= 0.3 is 0 Å². The van der Waals surface area contributed by atoms with Crippen LogP contribution in [0.4, 0.5) is 5.95 Å². The number of hydrogen-bond acceptors (Lipinski definition) is 3. The zero-order valence-electron chi connectivity index (χ0n) is 10.7. The van der Waals surface area contributed by atoms with Gasteiger partial charge in [-0.05, 0) is 49.9 Å². The summed E-state index contributed by atoms with van der Waals surface area (Å²) in [5, 5.41) is 0. The maximum Gasteiger partial charge on any atom is 0.219 e. The van der Waals surface area contributed by atoms with Gasteiger partial charge in [-0.2, -0.15) is 0 Å². The zero-order valence-corrected chi connectivity index (χ0v) is 10.7. The van der Waals surface area contributed by atoms with Crippen molar-refractivity contribution < 1.29 is 0 Å². The largest absolute Gasteiger partial charge is 0.368 e. The number of imidazole rings is 1. The van der Waals surface area contributed by atoms with Crippen LogP contribution < -0.4 is 11.6 Å². The fraction of sp³-hybridized carbons (Fsp3) is 0.308. The van der Waals surface area contributed by atoms with E-state index in [0.29, 0.717) is 5.95 Å². The van der Waals surface area contributed by atoms with Gasteiger partial charge in [-0.25, -0.2) is 9.66 Å². The Labute approximate surface area is 101 Å². The number of aryl methyl sites for hydroxylation is 2. The second-order valence-electron chi connectivity index (χ2n) is 4.53. The van der Waals surface area contributed by atoms with E-state index >= 15 is 0 Å². The van der Waals surface area contributed by atoms with Crippen molar-refractivity contribution in [2.75, 3.05) is 11.6 Å². The first-order valence-corrected chi connectivity index (χ1v) is 5.59. The van der Waals surface area contributed by atoms with E-state index in [1.165, 1.54) is 26.9 Å². The number of aromatic nitrogens is 2. The van der Waals surface area contributed by atoms with Crippen LogP contribution in [-0.2, 0) is 0 Å². The summed E-state index contributed by atoms with van der Waals surface area (Å²) in [7, 11) is 0. The normalized spacial score (nSPS) is 10.8. The number of hydrogen-bond donors (Lipinski definition) is 2. The summed E-state index contributed by atoms with van der Waals surface area (Å²) >= 11 is 0. The summed E-state index contributed by atoms with van der Waals surface area (Å²) < 4.78 is 1.35. The van der Waals surface area contributed by atoms with Crippen LogP contribution in [0, 0.1) is 27.7 Å².